The van der Waals surface area contributed by atoms with Gasteiger partial charge in [-0.2, -0.15) is 9.78 Å². The van der Waals surface area contributed by atoms with Gasteiger partial charge in [0.2, 0.25) is 5.82 Å². The van der Waals surface area contributed by atoms with Gasteiger partial charge in [0, 0.05) is 22.7 Å². The summed E-state index contributed by atoms with van der Waals surface area (Å²) >= 11 is 0. The second-order valence-electron chi connectivity index (χ2n) is 8.82. The molecule has 0 unspecified atom stereocenters. The molecule has 6 aromatic rings. The van der Waals surface area contributed by atoms with Gasteiger partial charge in [-0.15, -0.1) is 0 Å². The molecular weight excluding hydrogens is 484 g/mol. The number of carbonyl (C=O) groups is 1. The van der Waals surface area contributed by atoms with Crippen molar-refractivity contribution in [1.82, 2.24) is 14.2 Å². The minimum atomic E-state index is -0.952. The lowest BCUT2D eigenvalue weighted by molar-refractivity contribution is -0.140. The predicted molar refractivity (Wildman–Crippen MR) is 145 cm³/mol. The SMILES string of the molecule is COc1cccc2oc(-c3nc4ccccc4c(=O)n3N=Cc3cn([C@H](C)C(=O)O)c4ccccc34)cc12. The summed E-state index contributed by atoms with van der Waals surface area (Å²) in [5.41, 5.74) is 2.14. The first-order valence-corrected chi connectivity index (χ1v) is 11.9. The monoisotopic (exact) mass is 506 g/mol. The van der Waals surface area contributed by atoms with E-state index in [4.69, 9.17) is 14.1 Å². The minimum Gasteiger partial charge on any atom is -0.496 e. The number of carboxylic acid groups (broad SMARTS) is 1. The van der Waals surface area contributed by atoms with Crippen molar-refractivity contribution < 1.29 is 19.1 Å². The second-order valence-corrected chi connectivity index (χ2v) is 8.82. The molecule has 9 nitrogen and oxygen atoms in total. The van der Waals surface area contributed by atoms with Crippen molar-refractivity contribution in [2.24, 2.45) is 5.10 Å². The van der Waals surface area contributed by atoms with E-state index >= 15 is 0 Å². The van der Waals surface area contributed by atoms with E-state index in [1.54, 1.807) is 49.1 Å². The minimum absolute atomic E-state index is 0.228. The van der Waals surface area contributed by atoms with Crippen LogP contribution in [0.15, 0.2) is 93.3 Å². The number of methoxy groups -OCH3 is 1. The van der Waals surface area contributed by atoms with Crippen LogP contribution in [0.4, 0.5) is 0 Å². The highest BCUT2D eigenvalue weighted by Crippen LogP contribution is 2.33. The molecule has 9 heteroatoms. The molecular formula is C29H22N4O5. The molecule has 1 atom stereocenters. The number of rotatable bonds is 6. The number of aromatic nitrogens is 3. The van der Waals surface area contributed by atoms with Gasteiger partial charge >= 0.3 is 5.97 Å². The smallest absolute Gasteiger partial charge is 0.326 e. The van der Waals surface area contributed by atoms with Gasteiger partial charge in [0.25, 0.3) is 5.56 Å². The summed E-state index contributed by atoms with van der Waals surface area (Å²) in [6.45, 7) is 1.61. The lowest BCUT2D eigenvalue weighted by atomic mass is 10.2. The van der Waals surface area contributed by atoms with E-state index in [9.17, 15) is 14.7 Å². The highest BCUT2D eigenvalue weighted by molar-refractivity contribution is 6.00. The lowest BCUT2D eigenvalue weighted by Crippen LogP contribution is -2.20. The number of nitrogens with zero attached hydrogens (tertiary/aromatic N) is 4. The van der Waals surface area contributed by atoms with Crippen molar-refractivity contribution in [2.45, 2.75) is 13.0 Å². The molecule has 0 aliphatic heterocycles. The number of para-hydroxylation sites is 2. The van der Waals surface area contributed by atoms with Crippen LogP contribution in [0.25, 0.3) is 44.4 Å². The number of aliphatic carboxylic acids is 1. The molecule has 0 saturated carbocycles. The molecule has 0 amide bonds. The molecule has 6 rings (SSSR count). The van der Waals surface area contributed by atoms with Crippen LogP contribution < -0.4 is 10.3 Å². The van der Waals surface area contributed by atoms with Crippen molar-refractivity contribution in [2.75, 3.05) is 7.11 Å². The Kier molecular flexibility index (Phi) is 5.53. The van der Waals surface area contributed by atoms with E-state index in [-0.39, 0.29) is 11.4 Å². The summed E-state index contributed by atoms with van der Waals surface area (Å²) in [5, 5.41) is 16.1. The fraction of sp³-hybridized carbons (Fsp3) is 0.103. The Balaban J connectivity index is 1.56. The third-order valence-electron chi connectivity index (χ3n) is 6.57. The Labute approximate surface area is 215 Å². The maximum absolute atomic E-state index is 13.6. The van der Waals surface area contributed by atoms with Gasteiger partial charge in [0.05, 0.1) is 29.6 Å². The molecule has 3 heterocycles. The van der Waals surface area contributed by atoms with E-state index < -0.39 is 12.0 Å². The summed E-state index contributed by atoms with van der Waals surface area (Å²) in [4.78, 5) is 30.0. The zero-order chi connectivity index (χ0) is 26.4. The normalized spacial score (nSPS) is 12.6. The molecule has 0 aliphatic carbocycles. The third kappa shape index (κ3) is 3.72. The molecule has 0 fully saturated rings. The van der Waals surface area contributed by atoms with Gasteiger partial charge < -0.3 is 18.8 Å². The van der Waals surface area contributed by atoms with Crippen molar-refractivity contribution in [1.29, 1.82) is 0 Å². The largest absolute Gasteiger partial charge is 0.496 e. The standard InChI is InChI=1S/C29H22N4O5/c1-17(29(35)36)32-16-18(19-8-4-6-11-23(19)32)15-30-33-27(31-22-10-5-3-9-20(22)28(33)34)26-14-21-24(37-2)12-7-13-25(21)38-26/h3-17H,1-2H3,(H,35,36)/t17-/m1/s1. The summed E-state index contributed by atoms with van der Waals surface area (Å²) in [7, 11) is 1.58. The summed E-state index contributed by atoms with van der Waals surface area (Å²) in [6.07, 6.45) is 3.26. The zero-order valence-corrected chi connectivity index (χ0v) is 20.5. The molecule has 1 N–H and O–H groups in total. The summed E-state index contributed by atoms with van der Waals surface area (Å²) in [6, 6.07) is 20.9. The molecule has 188 valence electrons. The second kappa shape index (κ2) is 9.04. The van der Waals surface area contributed by atoms with E-state index in [2.05, 4.69) is 5.10 Å². The van der Waals surface area contributed by atoms with Gasteiger partial charge in [-0.25, -0.2) is 9.78 Å². The first-order chi connectivity index (χ1) is 18.5. The first-order valence-electron chi connectivity index (χ1n) is 11.9. The first kappa shape index (κ1) is 23.2. The van der Waals surface area contributed by atoms with Crippen LogP contribution in [0, 0.1) is 0 Å². The Bertz CT molecular complexity index is 1950. The Hall–Kier alpha value is -5.18. The van der Waals surface area contributed by atoms with Gasteiger partial charge in [0.1, 0.15) is 17.4 Å². The maximum atomic E-state index is 13.6. The molecule has 38 heavy (non-hydrogen) atoms. The summed E-state index contributed by atoms with van der Waals surface area (Å²) in [5.74, 6) is 0.264. The summed E-state index contributed by atoms with van der Waals surface area (Å²) < 4.78 is 14.4. The molecule has 0 aliphatic rings. The van der Waals surface area contributed by atoms with Crippen LogP contribution >= 0.6 is 0 Å². The average Bonchev–Trinajstić information content (AvgIpc) is 3.54. The number of furan rings is 1. The van der Waals surface area contributed by atoms with Crippen LogP contribution in [0.3, 0.4) is 0 Å². The van der Waals surface area contributed by atoms with Crippen molar-refractivity contribution >= 4 is 45.0 Å². The average molecular weight is 507 g/mol. The highest BCUT2D eigenvalue weighted by atomic mass is 16.5. The topological polar surface area (TPSA) is 112 Å². The molecule has 0 bridgehead atoms. The number of fused-ring (bicyclic) bond motifs is 3. The fourth-order valence-electron chi connectivity index (χ4n) is 4.61. The van der Waals surface area contributed by atoms with Gasteiger partial charge in [-0.3, -0.25) is 4.79 Å². The van der Waals surface area contributed by atoms with Crippen LogP contribution in [0.1, 0.15) is 18.5 Å². The number of hydrogen-bond acceptors (Lipinski definition) is 6. The van der Waals surface area contributed by atoms with E-state index in [0.717, 1.165) is 16.3 Å². The number of hydrogen-bond donors (Lipinski definition) is 1. The Morgan fingerprint density at radius 1 is 1.05 bits per heavy atom. The lowest BCUT2D eigenvalue weighted by Gasteiger charge is -2.09. The quantitative estimate of drug-likeness (QED) is 0.307. The zero-order valence-electron chi connectivity index (χ0n) is 20.5. The van der Waals surface area contributed by atoms with E-state index in [1.165, 1.54) is 10.9 Å². The van der Waals surface area contributed by atoms with Crippen molar-refractivity contribution in [3.05, 3.63) is 94.9 Å². The van der Waals surface area contributed by atoms with Crippen molar-refractivity contribution in [3.8, 4) is 17.3 Å². The van der Waals surface area contributed by atoms with Crippen molar-refractivity contribution in [3.63, 3.8) is 0 Å². The van der Waals surface area contributed by atoms with Crippen LogP contribution in [0.2, 0.25) is 0 Å². The van der Waals surface area contributed by atoms with E-state index in [0.29, 0.717) is 33.6 Å². The molecule has 0 spiro atoms. The molecule has 0 radical (unpaired) electrons. The number of carboxylic acids is 1. The van der Waals surface area contributed by atoms with Gasteiger partial charge in [-0.05, 0) is 43.3 Å². The van der Waals surface area contributed by atoms with Gasteiger partial charge in [0.15, 0.2) is 5.76 Å². The predicted octanol–water partition coefficient (Wildman–Crippen LogP) is 5.30. The van der Waals surface area contributed by atoms with E-state index in [1.807, 2.05) is 48.5 Å². The number of benzene rings is 3. The number of ether oxygens (including phenoxy) is 1. The maximum Gasteiger partial charge on any atom is 0.326 e. The Morgan fingerprint density at radius 3 is 2.61 bits per heavy atom. The fourth-order valence-corrected chi connectivity index (χ4v) is 4.61. The molecule has 0 saturated heterocycles. The van der Waals surface area contributed by atoms with Crippen LogP contribution in [-0.4, -0.2) is 38.6 Å². The third-order valence-corrected chi connectivity index (χ3v) is 6.57. The highest BCUT2D eigenvalue weighted by Gasteiger charge is 2.19. The molecule has 3 aromatic heterocycles. The van der Waals surface area contributed by atoms with Crippen LogP contribution in [0.5, 0.6) is 5.75 Å². The Morgan fingerprint density at radius 2 is 1.82 bits per heavy atom. The van der Waals surface area contributed by atoms with Gasteiger partial charge in [-0.1, -0.05) is 36.4 Å². The molecule has 3 aromatic carbocycles. The van der Waals surface area contributed by atoms with Crippen LogP contribution in [-0.2, 0) is 4.79 Å².